The van der Waals surface area contributed by atoms with E-state index < -0.39 is 0 Å². The fourth-order valence-electron chi connectivity index (χ4n) is 3.42. The molecule has 0 fully saturated rings. The average molecular weight is 369 g/mol. The van der Waals surface area contributed by atoms with Crippen LogP contribution in [0.15, 0.2) is 41.3 Å². The van der Waals surface area contributed by atoms with Crippen molar-refractivity contribution in [2.45, 2.75) is 19.8 Å². The molecule has 0 unspecified atom stereocenters. The smallest absolute Gasteiger partial charge is 0.132 e. The van der Waals surface area contributed by atoms with Gasteiger partial charge in [0, 0.05) is 49.0 Å². The number of dihydropyridines is 1. The van der Waals surface area contributed by atoms with E-state index in [1.165, 1.54) is 0 Å². The third kappa shape index (κ3) is 3.50. The predicted octanol–water partition coefficient (Wildman–Crippen LogP) is 3.13. The minimum atomic E-state index is -0.237. The van der Waals surface area contributed by atoms with Crippen molar-refractivity contribution >= 4 is 22.3 Å². The van der Waals surface area contributed by atoms with Crippen LogP contribution in [0.25, 0.3) is 16.5 Å². The van der Waals surface area contributed by atoms with Gasteiger partial charge < -0.3 is 15.8 Å². The van der Waals surface area contributed by atoms with Gasteiger partial charge in [-0.25, -0.2) is 4.39 Å². The number of rotatable bonds is 5. The van der Waals surface area contributed by atoms with Crippen molar-refractivity contribution < 1.29 is 9.13 Å². The number of hydrogen-bond donors (Lipinski definition) is 3. The molecule has 0 bridgehead atoms. The number of nitrogens with one attached hydrogen (secondary N) is 2. The number of amidine groups is 1. The van der Waals surface area contributed by atoms with Crippen LogP contribution in [-0.4, -0.2) is 36.8 Å². The van der Waals surface area contributed by atoms with Gasteiger partial charge >= 0.3 is 0 Å². The molecule has 1 aliphatic rings. The zero-order valence-corrected chi connectivity index (χ0v) is 15.9. The first-order valence-electron chi connectivity index (χ1n) is 8.71. The van der Waals surface area contributed by atoms with Crippen LogP contribution in [-0.2, 0) is 4.74 Å². The van der Waals surface area contributed by atoms with Gasteiger partial charge in [-0.2, -0.15) is 5.10 Å². The van der Waals surface area contributed by atoms with Crippen molar-refractivity contribution in [2.75, 3.05) is 20.8 Å². The number of nitrogens with zero attached hydrogens (tertiary/aromatic N) is 2. The summed E-state index contributed by atoms with van der Waals surface area (Å²) in [6.07, 6.45) is 9.10. The lowest BCUT2D eigenvalue weighted by Gasteiger charge is -2.20. The molecule has 142 valence electrons. The Labute approximate surface area is 157 Å². The van der Waals surface area contributed by atoms with E-state index in [0.29, 0.717) is 29.1 Å². The maximum absolute atomic E-state index is 15.3. The second-order valence-corrected chi connectivity index (χ2v) is 6.57. The molecule has 2 aromatic rings. The van der Waals surface area contributed by atoms with E-state index in [1.54, 1.807) is 39.6 Å². The number of aliphatic imine (C=N–C) groups is 1. The molecule has 7 heteroatoms. The monoisotopic (exact) mass is 369 g/mol. The minimum Gasteiger partial charge on any atom is -0.384 e. The van der Waals surface area contributed by atoms with Gasteiger partial charge in [-0.1, -0.05) is 6.92 Å². The molecule has 3 rings (SSSR count). The molecule has 6 nitrogen and oxygen atoms in total. The summed E-state index contributed by atoms with van der Waals surface area (Å²) in [5, 5.41) is 11.1. The Balaban J connectivity index is 2.20. The molecule has 0 saturated heterocycles. The van der Waals surface area contributed by atoms with Crippen LogP contribution in [0.5, 0.6) is 0 Å². The van der Waals surface area contributed by atoms with Gasteiger partial charge in [-0.15, -0.1) is 0 Å². The number of benzene rings is 1. The fraction of sp³-hybridized carbons (Fsp3) is 0.300. The Bertz CT molecular complexity index is 984. The van der Waals surface area contributed by atoms with Gasteiger partial charge in [-0.05, 0) is 35.8 Å². The first kappa shape index (κ1) is 18.8. The number of allylic oxidation sites excluding steroid dienone is 3. The minimum absolute atomic E-state index is 0.0979. The average Bonchev–Trinajstić information content (AvgIpc) is 3.11. The van der Waals surface area contributed by atoms with Gasteiger partial charge in [-0.3, -0.25) is 10.1 Å². The van der Waals surface area contributed by atoms with Gasteiger partial charge in [0.15, 0.2) is 0 Å². The molecule has 27 heavy (non-hydrogen) atoms. The number of H-pyrrole nitrogens is 1. The van der Waals surface area contributed by atoms with Gasteiger partial charge in [0.05, 0.1) is 18.3 Å². The summed E-state index contributed by atoms with van der Waals surface area (Å²) in [6, 6.07) is 0. The third-order valence-corrected chi connectivity index (χ3v) is 4.70. The largest absolute Gasteiger partial charge is 0.384 e. The molecule has 1 aliphatic heterocycles. The van der Waals surface area contributed by atoms with Gasteiger partial charge in [0.2, 0.25) is 0 Å². The second kappa shape index (κ2) is 7.75. The number of ether oxygens (including phenoxy) is 1. The molecule has 1 atom stereocenters. The zero-order chi connectivity index (χ0) is 19.6. The van der Waals surface area contributed by atoms with Crippen LogP contribution >= 0.6 is 0 Å². The lowest BCUT2D eigenvalue weighted by atomic mass is 9.88. The Hall–Kier alpha value is -2.93. The Kier molecular flexibility index (Phi) is 5.41. The Morgan fingerprint density at radius 3 is 2.96 bits per heavy atom. The Morgan fingerprint density at radius 2 is 2.26 bits per heavy atom. The van der Waals surface area contributed by atoms with E-state index in [2.05, 4.69) is 20.5 Å². The summed E-state index contributed by atoms with van der Waals surface area (Å²) in [7, 11) is 3.24. The molecule has 1 aromatic carbocycles. The van der Waals surface area contributed by atoms with E-state index in [-0.39, 0.29) is 11.7 Å². The third-order valence-electron chi connectivity index (χ3n) is 4.70. The van der Waals surface area contributed by atoms with Crippen LogP contribution in [0.2, 0.25) is 0 Å². The molecule has 1 aromatic heterocycles. The SMILES string of the molecule is CN=C(N)/C=C1/C=C(c2c(C)c(F)c([C@@H](C)COC)c3[nH]ncc23)C=CN1. The number of aromatic nitrogens is 2. The molecule has 0 saturated carbocycles. The van der Waals surface area contributed by atoms with E-state index in [4.69, 9.17) is 10.5 Å². The highest BCUT2D eigenvalue weighted by atomic mass is 19.1. The van der Waals surface area contributed by atoms with Crippen LogP contribution in [0.1, 0.15) is 29.5 Å². The highest BCUT2D eigenvalue weighted by Gasteiger charge is 2.24. The lowest BCUT2D eigenvalue weighted by Crippen LogP contribution is -2.14. The number of aromatic amines is 1. The molecular formula is C20H24FN5O. The van der Waals surface area contributed by atoms with Crippen molar-refractivity contribution in [3.05, 3.63) is 58.8 Å². The first-order valence-corrected chi connectivity index (χ1v) is 8.71. The van der Waals surface area contributed by atoms with Crippen molar-refractivity contribution in [3.8, 4) is 0 Å². The zero-order valence-electron chi connectivity index (χ0n) is 15.9. The Morgan fingerprint density at radius 1 is 1.48 bits per heavy atom. The van der Waals surface area contributed by atoms with Crippen LogP contribution in [0.3, 0.4) is 0 Å². The highest BCUT2D eigenvalue weighted by Crippen LogP contribution is 2.37. The molecule has 2 heterocycles. The number of hydrogen-bond acceptors (Lipinski definition) is 4. The normalized spacial score (nSPS) is 17.3. The summed E-state index contributed by atoms with van der Waals surface area (Å²) in [6.45, 7) is 4.17. The molecule has 0 radical (unpaired) electrons. The fourth-order valence-corrected chi connectivity index (χ4v) is 3.42. The highest BCUT2D eigenvalue weighted by molar-refractivity contribution is 5.99. The van der Waals surface area contributed by atoms with Gasteiger partial charge in [0.25, 0.3) is 0 Å². The summed E-state index contributed by atoms with van der Waals surface area (Å²) >= 11 is 0. The predicted molar refractivity (Wildman–Crippen MR) is 107 cm³/mol. The molecule has 0 spiro atoms. The van der Waals surface area contributed by atoms with Gasteiger partial charge in [0.1, 0.15) is 11.7 Å². The molecular weight excluding hydrogens is 345 g/mol. The second-order valence-electron chi connectivity index (χ2n) is 6.57. The van der Waals surface area contributed by atoms with Crippen LogP contribution in [0.4, 0.5) is 4.39 Å². The summed E-state index contributed by atoms with van der Waals surface area (Å²) in [5.41, 5.74) is 10.1. The van der Waals surface area contributed by atoms with E-state index >= 15 is 4.39 Å². The van der Waals surface area contributed by atoms with Crippen LogP contribution < -0.4 is 11.1 Å². The first-order chi connectivity index (χ1) is 13.0. The number of fused-ring (bicyclic) bond motifs is 1. The van der Waals surface area contributed by atoms with Crippen molar-refractivity contribution in [1.82, 2.24) is 15.5 Å². The van der Waals surface area contributed by atoms with E-state index in [9.17, 15) is 0 Å². The molecule has 0 amide bonds. The standard InChI is InChI=1S/C20H24FN5O/c1-11(10-27-4)17-19(21)12(2)18(15-9-25-26-20(15)17)13-5-6-24-14(7-13)8-16(22)23-3/h5-9,11,24H,10H2,1-4H3,(H2,22,23)(H,25,26)/b14-8-/t11-/m0/s1. The maximum atomic E-state index is 15.3. The maximum Gasteiger partial charge on any atom is 0.132 e. The quantitative estimate of drug-likeness (QED) is 0.558. The van der Waals surface area contributed by atoms with E-state index in [0.717, 1.165) is 22.2 Å². The summed E-state index contributed by atoms with van der Waals surface area (Å²) < 4.78 is 20.6. The molecule has 0 aliphatic carbocycles. The molecule has 4 N–H and O–H groups in total. The van der Waals surface area contributed by atoms with Crippen LogP contribution in [0, 0.1) is 12.7 Å². The summed E-state index contributed by atoms with van der Waals surface area (Å²) in [4.78, 5) is 3.94. The van der Waals surface area contributed by atoms with E-state index in [1.807, 2.05) is 19.1 Å². The van der Waals surface area contributed by atoms with Crippen molar-refractivity contribution in [1.29, 1.82) is 0 Å². The summed E-state index contributed by atoms with van der Waals surface area (Å²) in [5.74, 6) is 0.0714. The van der Waals surface area contributed by atoms with Crippen molar-refractivity contribution in [2.24, 2.45) is 10.7 Å². The number of methoxy groups -OCH3 is 1. The van der Waals surface area contributed by atoms with Crippen molar-refractivity contribution in [3.63, 3.8) is 0 Å². The topological polar surface area (TPSA) is 88.3 Å². The number of halogens is 1. The number of nitrogens with two attached hydrogens (primary N) is 1. The lowest BCUT2D eigenvalue weighted by molar-refractivity contribution is 0.183.